The third-order valence-electron chi connectivity index (χ3n) is 8.02. The van der Waals surface area contributed by atoms with Gasteiger partial charge in [-0.3, -0.25) is 9.59 Å². The van der Waals surface area contributed by atoms with Gasteiger partial charge in [0.15, 0.2) is 0 Å². The van der Waals surface area contributed by atoms with Gasteiger partial charge in [0.05, 0.1) is 19.2 Å². The summed E-state index contributed by atoms with van der Waals surface area (Å²) in [4.78, 5) is 41.6. The summed E-state index contributed by atoms with van der Waals surface area (Å²) in [7, 11) is 5.04. The van der Waals surface area contributed by atoms with Crippen LogP contribution in [0.3, 0.4) is 0 Å². The Morgan fingerprint density at radius 2 is 1.58 bits per heavy atom. The molecule has 2 rings (SSSR count). The molecule has 0 saturated carbocycles. The van der Waals surface area contributed by atoms with E-state index in [0.29, 0.717) is 5.75 Å². The van der Waals surface area contributed by atoms with Crippen LogP contribution in [0.5, 0.6) is 5.75 Å². The zero-order valence-electron chi connectivity index (χ0n) is 27.2. The van der Waals surface area contributed by atoms with Gasteiger partial charge in [0.25, 0.3) is 0 Å². The lowest BCUT2D eigenvalue weighted by Gasteiger charge is -2.41. The molecule has 0 unspecified atom stereocenters. The van der Waals surface area contributed by atoms with E-state index in [1.807, 2.05) is 96.1 Å². The fourth-order valence-electron chi connectivity index (χ4n) is 5.12. The maximum atomic E-state index is 14.3. The number of likely N-dealkylation sites (N-methyl/N-ethyl adjacent to an activating group) is 2. The molecule has 2 aromatic carbocycles. The molecule has 0 fully saturated rings. The highest BCUT2D eigenvalue weighted by atomic mass is 32.2. The quantitative estimate of drug-likeness (QED) is 0.236. The summed E-state index contributed by atoms with van der Waals surface area (Å²) < 4.78 is 4.55. The second-order valence-corrected chi connectivity index (χ2v) is 14.0. The van der Waals surface area contributed by atoms with Crippen molar-refractivity contribution < 1.29 is 24.2 Å². The molecule has 3 N–H and O–H groups in total. The number of carboxylic acid groups (broad SMARTS) is 1. The number of rotatable bonds is 15. The van der Waals surface area contributed by atoms with Crippen LogP contribution in [0.25, 0.3) is 0 Å². The van der Waals surface area contributed by atoms with E-state index in [1.165, 1.54) is 6.92 Å². The minimum absolute atomic E-state index is 0.0586. The number of hydrogen-bond acceptors (Lipinski definition) is 6. The van der Waals surface area contributed by atoms with Gasteiger partial charge in [0.2, 0.25) is 11.8 Å². The molecule has 9 heteroatoms. The van der Waals surface area contributed by atoms with Gasteiger partial charge in [-0.1, -0.05) is 76.2 Å². The molecule has 0 radical (unpaired) electrons. The molecule has 0 spiro atoms. The summed E-state index contributed by atoms with van der Waals surface area (Å²) in [5.74, 6) is -0.306. The van der Waals surface area contributed by atoms with Crippen molar-refractivity contribution in [2.45, 2.75) is 82.5 Å². The highest BCUT2D eigenvalue weighted by Gasteiger charge is 2.43. The lowest BCUT2D eigenvalue weighted by molar-refractivity contribution is -0.138. The molecule has 43 heavy (non-hydrogen) atoms. The summed E-state index contributed by atoms with van der Waals surface area (Å²) >= 11 is 1.57. The molecule has 2 aromatic rings. The lowest BCUT2D eigenvalue weighted by Crippen LogP contribution is -2.63. The van der Waals surface area contributed by atoms with Crippen LogP contribution in [0.2, 0.25) is 0 Å². The number of thioether (sulfide) groups is 1. The Hall–Kier alpha value is -3.30. The van der Waals surface area contributed by atoms with Crippen LogP contribution in [0.15, 0.2) is 66.2 Å². The monoisotopic (exact) mass is 611 g/mol. The fourth-order valence-corrected chi connectivity index (χ4v) is 6.17. The maximum absolute atomic E-state index is 14.3. The van der Waals surface area contributed by atoms with Crippen molar-refractivity contribution in [2.75, 3.05) is 21.2 Å². The van der Waals surface area contributed by atoms with E-state index in [4.69, 9.17) is 4.74 Å². The summed E-state index contributed by atoms with van der Waals surface area (Å²) in [5.41, 5.74) is 1.63. The van der Waals surface area contributed by atoms with Crippen LogP contribution in [0.1, 0.15) is 59.6 Å². The van der Waals surface area contributed by atoms with Crippen molar-refractivity contribution >= 4 is 29.5 Å². The number of nitrogens with zero attached hydrogens (tertiary/aromatic N) is 1. The second-order valence-electron chi connectivity index (χ2n) is 12.3. The van der Waals surface area contributed by atoms with E-state index in [9.17, 15) is 19.5 Å². The van der Waals surface area contributed by atoms with Crippen molar-refractivity contribution in [3.63, 3.8) is 0 Å². The van der Waals surface area contributed by atoms with Crippen LogP contribution in [-0.2, 0) is 25.6 Å². The zero-order chi connectivity index (χ0) is 32.5. The van der Waals surface area contributed by atoms with E-state index in [1.54, 1.807) is 43.9 Å². The highest BCUT2D eigenvalue weighted by Crippen LogP contribution is 2.34. The smallest absolute Gasteiger partial charge is 0.331 e. The van der Waals surface area contributed by atoms with Crippen molar-refractivity contribution in [1.82, 2.24) is 15.5 Å². The van der Waals surface area contributed by atoms with Crippen molar-refractivity contribution in [2.24, 2.45) is 5.92 Å². The number of carbonyl (C=O) groups excluding carboxylic acids is 2. The number of carbonyl (C=O) groups is 3. The Bertz CT molecular complexity index is 1260. The predicted molar refractivity (Wildman–Crippen MR) is 175 cm³/mol. The molecular weight excluding hydrogens is 562 g/mol. The number of nitrogens with one attached hydrogen (secondary N) is 2. The Morgan fingerprint density at radius 3 is 2.07 bits per heavy atom. The van der Waals surface area contributed by atoms with Crippen LogP contribution in [-0.4, -0.2) is 71.9 Å². The van der Waals surface area contributed by atoms with Crippen molar-refractivity contribution in [1.29, 1.82) is 0 Å². The first-order valence-electron chi connectivity index (χ1n) is 14.5. The lowest BCUT2D eigenvalue weighted by atomic mass is 9.77. The SMILES string of the molecule is CN[C@H](C(=O)N[C@H](C(=O)N(C)[C@@H](/C=C(\C)C(=O)O)C(C)C)C(C)(C)SCc1ccc(OC)cc1)C(C)(C)c1ccccc1. The van der Waals surface area contributed by atoms with Crippen LogP contribution < -0.4 is 15.4 Å². The predicted octanol–water partition coefficient (Wildman–Crippen LogP) is 5.27. The molecule has 236 valence electrons. The van der Waals surface area contributed by atoms with E-state index in [2.05, 4.69) is 10.6 Å². The molecule has 8 nitrogen and oxygen atoms in total. The van der Waals surface area contributed by atoms with Gasteiger partial charge in [-0.05, 0) is 57.0 Å². The first kappa shape index (κ1) is 35.9. The first-order valence-corrected chi connectivity index (χ1v) is 15.5. The van der Waals surface area contributed by atoms with Crippen LogP contribution in [0, 0.1) is 5.92 Å². The second kappa shape index (κ2) is 15.4. The van der Waals surface area contributed by atoms with Gasteiger partial charge in [0, 0.05) is 28.5 Å². The highest BCUT2D eigenvalue weighted by molar-refractivity contribution is 7.99. The largest absolute Gasteiger partial charge is 0.497 e. The van der Waals surface area contributed by atoms with Crippen molar-refractivity contribution in [3.05, 3.63) is 77.4 Å². The number of methoxy groups -OCH3 is 1. The Labute approximate surface area is 261 Å². The number of hydrogen-bond donors (Lipinski definition) is 3. The third-order valence-corrected chi connectivity index (χ3v) is 9.48. The van der Waals surface area contributed by atoms with Gasteiger partial charge in [-0.25, -0.2) is 4.79 Å². The summed E-state index contributed by atoms with van der Waals surface area (Å²) in [6.45, 7) is 13.3. The van der Waals surface area contributed by atoms with E-state index < -0.39 is 34.3 Å². The normalized spacial score (nSPS) is 14.5. The molecule has 0 bridgehead atoms. The maximum Gasteiger partial charge on any atom is 0.331 e. The molecule has 0 aliphatic heterocycles. The van der Waals surface area contributed by atoms with Gasteiger partial charge < -0.3 is 25.4 Å². The molecule has 0 aromatic heterocycles. The van der Waals surface area contributed by atoms with Crippen molar-refractivity contribution in [3.8, 4) is 5.75 Å². The Kier molecular flexibility index (Phi) is 12.9. The summed E-state index contributed by atoms with van der Waals surface area (Å²) in [6, 6.07) is 15.6. The Balaban J connectivity index is 2.48. The first-order chi connectivity index (χ1) is 20.1. The average molecular weight is 612 g/mol. The van der Waals surface area contributed by atoms with Gasteiger partial charge in [-0.15, -0.1) is 11.8 Å². The average Bonchev–Trinajstić information content (AvgIpc) is 2.97. The zero-order valence-corrected chi connectivity index (χ0v) is 28.0. The number of carboxylic acids is 1. The summed E-state index contributed by atoms with van der Waals surface area (Å²) in [5, 5.41) is 15.8. The van der Waals surface area contributed by atoms with E-state index in [0.717, 1.165) is 16.9 Å². The van der Waals surface area contributed by atoms with E-state index >= 15 is 0 Å². The minimum Gasteiger partial charge on any atom is -0.497 e. The number of ether oxygens (including phenoxy) is 1. The Morgan fingerprint density at radius 1 is 1.00 bits per heavy atom. The molecule has 3 atom stereocenters. The third kappa shape index (κ3) is 9.34. The van der Waals surface area contributed by atoms with Gasteiger partial charge in [0.1, 0.15) is 11.8 Å². The topological polar surface area (TPSA) is 108 Å². The fraction of sp³-hybridized carbons (Fsp3) is 0.500. The number of aliphatic carboxylic acids is 1. The molecule has 0 aliphatic carbocycles. The van der Waals surface area contributed by atoms with E-state index in [-0.39, 0.29) is 23.3 Å². The molecule has 0 saturated heterocycles. The van der Waals surface area contributed by atoms with Gasteiger partial charge in [-0.2, -0.15) is 0 Å². The molecular formula is C34H49N3O5S. The van der Waals surface area contributed by atoms with Crippen LogP contribution >= 0.6 is 11.8 Å². The van der Waals surface area contributed by atoms with Gasteiger partial charge >= 0.3 is 5.97 Å². The molecule has 0 aliphatic rings. The summed E-state index contributed by atoms with van der Waals surface area (Å²) in [6.07, 6.45) is 1.61. The standard InChI is InChI=1S/C34H49N3O5S/c1-22(2)27(20-23(3)32(40)41)37(9)31(39)29(34(6,7)43-21-24-16-18-26(42-10)19-17-24)36-30(38)28(35-8)33(4,5)25-14-12-11-13-15-25/h11-20,22,27-29,35H,21H2,1-10H3,(H,36,38)(H,40,41)/b23-20+/t27-,28+,29+/m0/s1. The number of amides is 2. The minimum atomic E-state index is -1.04. The number of benzene rings is 2. The van der Waals surface area contributed by atoms with Crippen LogP contribution in [0.4, 0.5) is 0 Å². The molecule has 2 amide bonds. The molecule has 0 heterocycles.